The molecule has 3 heterocycles. The molecular weight excluding hydrogens is 590 g/mol. The summed E-state index contributed by atoms with van der Waals surface area (Å²) in [6, 6.07) is 11.4. The fraction of sp³-hybridized carbons (Fsp3) is 0.324. The van der Waals surface area contributed by atoms with Crippen LogP contribution in [0, 0.1) is 0 Å². The summed E-state index contributed by atoms with van der Waals surface area (Å²) < 4.78 is 5.57. The number of hydrogen-bond donors (Lipinski definition) is 4. The van der Waals surface area contributed by atoms with Crippen LogP contribution in [0.2, 0.25) is 0 Å². The fourth-order valence-electron chi connectivity index (χ4n) is 5.38. The Bertz CT molecular complexity index is 1850. The number of aromatic nitrogens is 3. The summed E-state index contributed by atoms with van der Waals surface area (Å²) in [5.74, 6) is -0.582. The molecule has 4 N–H and O–H groups in total. The van der Waals surface area contributed by atoms with E-state index in [-0.39, 0.29) is 48.9 Å². The number of carbonyl (C=O) groups is 4. The molecule has 10 nitrogen and oxygen atoms in total. The number of nitrogens with one attached hydrogen (secondary N) is 4. The van der Waals surface area contributed by atoms with Gasteiger partial charge in [0.05, 0.1) is 18.2 Å². The van der Waals surface area contributed by atoms with Crippen molar-refractivity contribution in [1.29, 1.82) is 0 Å². The minimum absolute atomic E-state index is 0.0178. The second kappa shape index (κ2) is 13.9. The third-order valence-corrected chi connectivity index (χ3v) is 8.94. The van der Waals surface area contributed by atoms with Crippen molar-refractivity contribution in [2.24, 2.45) is 0 Å². The predicted molar refractivity (Wildman–Crippen MR) is 175 cm³/mol. The number of Topliss-reactive ketones (excluding diaryl/α,β-unsaturated/α-hetero) is 2. The highest BCUT2D eigenvalue weighted by Gasteiger charge is 2.30. The monoisotopic (exact) mass is 627 g/mol. The number of carbonyl (C=O) groups excluding carboxylic acids is 4. The van der Waals surface area contributed by atoms with Crippen molar-refractivity contribution in [3.8, 4) is 5.75 Å². The number of nitrogens with zero attached hydrogens (tertiary/aromatic N) is 1. The SMILES string of the molecule is COc1cccc2[nH]cc(C[C@H](NC(=O)[C@H](Cc3c[nH]c4ccccc34)NC(=O)c3csc(C(C)C)n3)C(=O)CCC(C)=O)c12. The highest BCUT2D eigenvalue weighted by atomic mass is 32.1. The molecule has 45 heavy (non-hydrogen) atoms. The van der Waals surface area contributed by atoms with Crippen LogP contribution >= 0.6 is 11.3 Å². The van der Waals surface area contributed by atoms with Gasteiger partial charge in [0.15, 0.2) is 5.78 Å². The molecule has 0 unspecified atom stereocenters. The summed E-state index contributed by atoms with van der Waals surface area (Å²) >= 11 is 1.39. The number of H-pyrrole nitrogens is 2. The van der Waals surface area contributed by atoms with E-state index < -0.39 is 23.9 Å². The van der Waals surface area contributed by atoms with E-state index in [0.717, 1.165) is 37.9 Å². The highest BCUT2D eigenvalue weighted by Crippen LogP contribution is 2.30. The quantitative estimate of drug-likeness (QED) is 0.132. The van der Waals surface area contributed by atoms with Crippen LogP contribution in [0.5, 0.6) is 5.75 Å². The minimum atomic E-state index is -1.01. The van der Waals surface area contributed by atoms with Gasteiger partial charge in [-0.15, -0.1) is 11.3 Å². The maximum absolute atomic E-state index is 14.0. The molecule has 0 spiro atoms. The van der Waals surface area contributed by atoms with Crippen LogP contribution in [-0.2, 0) is 27.2 Å². The third kappa shape index (κ3) is 7.31. The summed E-state index contributed by atoms with van der Waals surface area (Å²) in [4.78, 5) is 63.6. The van der Waals surface area contributed by atoms with E-state index in [4.69, 9.17) is 4.74 Å². The minimum Gasteiger partial charge on any atom is -0.496 e. The zero-order valence-electron chi connectivity index (χ0n) is 25.7. The molecule has 0 saturated carbocycles. The first-order chi connectivity index (χ1) is 21.6. The molecule has 2 amide bonds. The van der Waals surface area contributed by atoms with Crippen LogP contribution in [0.1, 0.15) is 66.2 Å². The maximum atomic E-state index is 14.0. The van der Waals surface area contributed by atoms with Gasteiger partial charge in [-0.1, -0.05) is 38.1 Å². The summed E-state index contributed by atoms with van der Waals surface area (Å²) in [5.41, 5.74) is 3.60. The van der Waals surface area contributed by atoms with Crippen molar-refractivity contribution in [3.63, 3.8) is 0 Å². The first-order valence-corrected chi connectivity index (χ1v) is 15.8. The zero-order chi connectivity index (χ0) is 32.1. The number of fused-ring (bicyclic) bond motifs is 2. The van der Waals surface area contributed by atoms with Gasteiger partial charge < -0.3 is 30.1 Å². The lowest BCUT2D eigenvalue weighted by molar-refractivity contribution is -0.129. The number of hydrogen-bond acceptors (Lipinski definition) is 7. The largest absolute Gasteiger partial charge is 0.496 e. The predicted octanol–water partition coefficient (Wildman–Crippen LogP) is 5.24. The van der Waals surface area contributed by atoms with Crippen molar-refractivity contribution in [2.75, 3.05) is 7.11 Å². The third-order valence-electron chi connectivity index (χ3n) is 7.79. The second-order valence-electron chi connectivity index (χ2n) is 11.4. The van der Waals surface area contributed by atoms with Crippen molar-refractivity contribution in [1.82, 2.24) is 25.6 Å². The van der Waals surface area contributed by atoms with Gasteiger partial charge in [0.2, 0.25) is 5.91 Å². The van der Waals surface area contributed by atoms with Gasteiger partial charge in [-0.2, -0.15) is 0 Å². The van der Waals surface area contributed by atoms with Gasteiger partial charge in [-0.05, 0) is 36.2 Å². The van der Waals surface area contributed by atoms with Gasteiger partial charge in [0, 0.05) is 71.2 Å². The first kappa shape index (κ1) is 31.6. The van der Waals surface area contributed by atoms with Gasteiger partial charge in [0.1, 0.15) is 23.3 Å². The smallest absolute Gasteiger partial charge is 0.271 e. The fourth-order valence-corrected chi connectivity index (χ4v) is 6.20. The topological polar surface area (TPSA) is 146 Å². The van der Waals surface area contributed by atoms with E-state index in [1.807, 2.05) is 62.5 Å². The van der Waals surface area contributed by atoms with Crippen LogP contribution < -0.4 is 15.4 Å². The van der Waals surface area contributed by atoms with E-state index in [9.17, 15) is 19.2 Å². The Hall–Kier alpha value is -4.77. The van der Waals surface area contributed by atoms with E-state index >= 15 is 0 Å². The molecule has 0 fully saturated rings. The summed E-state index contributed by atoms with van der Waals surface area (Å²) in [6.45, 7) is 5.43. The van der Waals surface area contributed by atoms with Gasteiger partial charge in [0.25, 0.3) is 5.91 Å². The second-order valence-corrected chi connectivity index (χ2v) is 12.3. The van der Waals surface area contributed by atoms with Gasteiger partial charge >= 0.3 is 0 Å². The average molecular weight is 628 g/mol. The van der Waals surface area contributed by atoms with E-state index in [1.54, 1.807) is 18.7 Å². The van der Waals surface area contributed by atoms with Crippen molar-refractivity contribution < 1.29 is 23.9 Å². The standard InChI is InChI=1S/C34H37N5O5S/c1-19(2)34-39-28(18-45-34)33(43)38-27(14-21-16-35-24-9-6-5-8-23(21)24)32(42)37-26(29(41)13-12-20(3)40)15-22-17-36-25-10-7-11-30(44-4)31(22)25/h5-11,16-19,26-27,35-36H,12-15H2,1-4H3,(H,37,42)(H,38,43)/t26-,27-/m0/s1. The Balaban J connectivity index is 1.45. The molecule has 0 aliphatic heterocycles. The molecular formula is C34H37N5O5S. The molecule has 11 heteroatoms. The van der Waals surface area contributed by atoms with E-state index in [0.29, 0.717) is 5.75 Å². The van der Waals surface area contributed by atoms with Gasteiger partial charge in [-0.25, -0.2) is 4.98 Å². The lowest BCUT2D eigenvalue weighted by Crippen LogP contribution is -2.53. The molecule has 234 valence electrons. The Kier molecular flexibility index (Phi) is 9.77. The van der Waals surface area contributed by atoms with Gasteiger partial charge in [-0.3, -0.25) is 14.4 Å². The van der Waals surface area contributed by atoms with Crippen LogP contribution in [0.15, 0.2) is 60.2 Å². The number of thiazole rings is 1. The average Bonchev–Trinajstić information content (AvgIpc) is 3.78. The molecule has 2 atom stereocenters. The molecule has 0 saturated heterocycles. The lowest BCUT2D eigenvalue weighted by Gasteiger charge is -2.23. The molecule has 0 bridgehead atoms. The number of methoxy groups -OCH3 is 1. The van der Waals surface area contributed by atoms with Crippen molar-refractivity contribution in [3.05, 3.63) is 82.1 Å². The number of benzene rings is 2. The summed E-state index contributed by atoms with van der Waals surface area (Å²) in [7, 11) is 1.58. The molecule has 0 radical (unpaired) electrons. The molecule has 0 aliphatic rings. The Morgan fingerprint density at radius 1 is 0.889 bits per heavy atom. The van der Waals surface area contributed by atoms with Crippen molar-refractivity contribution >= 4 is 56.5 Å². The Morgan fingerprint density at radius 2 is 1.60 bits per heavy atom. The number of rotatable bonds is 14. The lowest BCUT2D eigenvalue weighted by atomic mass is 9.97. The van der Waals surface area contributed by atoms with E-state index in [2.05, 4.69) is 25.6 Å². The van der Waals surface area contributed by atoms with Crippen LogP contribution in [-0.4, -0.2) is 57.5 Å². The molecule has 2 aromatic carbocycles. The highest BCUT2D eigenvalue weighted by molar-refractivity contribution is 7.09. The number of ether oxygens (including phenoxy) is 1. The maximum Gasteiger partial charge on any atom is 0.271 e. The van der Waals surface area contributed by atoms with Crippen LogP contribution in [0.3, 0.4) is 0 Å². The molecule has 5 rings (SSSR count). The van der Waals surface area contributed by atoms with Crippen molar-refractivity contribution in [2.45, 2.75) is 64.5 Å². The first-order valence-electron chi connectivity index (χ1n) is 14.9. The van der Waals surface area contributed by atoms with Crippen LogP contribution in [0.4, 0.5) is 0 Å². The zero-order valence-corrected chi connectivity index (χ0v) is 26.5. The molecule has 3 aromatic heterocycles. The number of ketones is 2. The van der Waals surface area contributed by atoms with Crippen LogP contribution in [0.25, 0.3) is 21.8 Å². The molecule has 5 aromatic rings. The Morgan fingerprint density at radius 3 is 2.33 bits per heavy atom. The summed E-state index contributed by atoms with van der Waals surface area (Å²) in [5, 5.41) is 10.1. The summed E-state index contributed by atoms with van der Waals surface area (Å²) in [6.07, 6.45) is 4.02. The number of para-hydroxylation sites is 1. The number of aromatic amines is 2. The molecule has 0 aliphatic carbocycles. The van der Waals surface area contributed by atoms with E-state index in [1.165, 1.54) is 18.3 Å². The Labute approximate surface area is 265 Å². The normalized spacial score (nSPS) is 12.7. The number of amides is 2.